The molecule has 1 aromatic heterocycles. The summed E-state index contributed by atoms with van der Waals surface area (Å²) in [5.74, 6) is 0.508. The van der Waals surface area contributed by atoms with Crippen LogP contribution in [0.3, 0.4) is 0 Å². The van der Waals surface area contributed by atoms with Crippen LogP contribution >= 0.6 is 0 Å². The molecule has 2 rings (SSSR count). The molecule has 0 saturated heterocycles. The second kappa shape index (κ2) is 9.03. The van der Waals surface area contributed by atoms with Crippen LogP contribution < -0.4 is 10.6 Å². The number of benzene rings is 1. The van der Waals surface area contributed by atoms with Crippen molar-refractivity contribution in [2.45, 2.75) is 20.8 Å². The van der Waals surface area contributed by atoms with E-state index in [1.54, 1.807) is 43.3 Å². The summed E-state index contributed by atoms with van der Waals surface area (Å²) >= 11 is 0. The van der Waals surface area contributed by atoms with Crippen molar-refractivity contribution in [3.05, 3.63) is 53.5 Å². The Morgan fingerprint density at radius 3 is 2.24 bits per heavy atom. The lowest BCUT2D eigenvalue weighted by molar-refractivity contribution is 0.0948. The zero-order valence-corrected chi connectivity index (χ0v) is 15.0. The van der Waals surface area contributed by atoms with Crippen LogP contribution in [0.4, 0.5) is 5.69 Å². The summed E-state index contributed by atoms with van der Waals surface area (Å²) in [6, 6.07) is 10.1. The number of carbonyl (C=O) groups excluding carboxylic acids is 2. The third kappa shape index (κ3) is 5.46. The molecule has 134 valence electrons. The van der Waals surface area contributed by atoms with Gasteiger partial charge in [-0.15, -0.1) is 0 Å². The van der Waals surface area contributed by atoms with E-state index >= 15 is 0 Å². The predicted molar refractivity (Wildman–Crippen MR) is 98.0 cm³/mol. The van der Waals surface area contributed by atoms with Crippen LogP contribution in [0.15, 0.2) is 40.8 Å². The van der Waals surface area contributed by atoms with Crippen LogP contribution in [-0.4, -0.2) is 42.9 Å². The van der Waals surface area contributed by atoms with Crippen molar-refractivity contribution in [2.75, 3.05) is 31.5 Å². The van der Waals surface area contributed by atoms with Gasteiger partial charge >= 0.3 is 0 Å². The van der Waals surface area contributed by atoms with Crippen LogP contribution in [0.5, 0.6) is 0 Å². The highest BCUT2D eigenvalue weighted by atomic mass is 16.3. The van der Waals surface area contributed by atoms with Crippen LogP contribution in [0.1, 0.15) is 40.5 Å². The third-order valence-electron chi connectivity index (χ3n) is 3.98. The van der Waals surface area contributed by atoms with Gasteiger partial charge in [0, 0.05) is 24.3 Å². The molecule has 1 heterocycles. The molecule has 0 aliphatic heterocycles. The number of nitrogens with one attached hydrogen (secondary N) is 2. The smallest absolute Gasteiger partial charge is 0.291 e. The second-order valence-corrected chi connectivity index (χ2v) is 5.72. The van der Waals surface area contributed by atoms with E-state index < -0.39 is 0 Å². The number of hydrogen-bond donors (Lipinski definition) is 2. The Morgan fingerprint density at radius 2 is 1.68 bits per heavy atom. The van der Waals surface area contributed by atoms with Gasteiger partial charge in [-0.2, -0.15) is 0 Å². The lowest BCUT2D eigenvalue weighted by Gasteiger charge is -2.17. The van der Waals surface area contributed by atoms with Crippen LogP contribution in [-0.2, 0) is 0 Å². The molecule has 6 heteroatoms. The van der Waals surface area contributed by atoms with Crippen molar-refractivity contribution in [2.24, 2.45) is 0 Å². The first kappa shape index (κ1) is 18.7. The molecule has 0 saturated carbocycles. The van der Waals surface area contributed by atoms with Crippen LogP contribution in [0.2, 0.25) is 0 Å². The molecule has 0 aliphatic rings. The molecule has 0 spiro atoms. The van der Waals surface area contributed by atoms with Crippen molar-refractivity contribution in [3.63, 3.8) is 0 Å². The number of carbonyl (C=O) groups is 2. The monoisotopic (exact) mass is 343 g/mol. The summed E-state index contributed by atoms with van der Waals surface area (Å²) < 4.78 is 5.28. The van der Waals surface area contributed by atoms with Gasteiger partial charge in [0.25, 0.3) is 11.8 Å². The minimum absolute atomic E-state index is 0.119. The fourth-order valence-electron chi connectivity index (χ4n) is 2.42. The van der Waals surface area contributed by atoms with Crippen molar-refractivity contribution in [1.82, 2.24) is 10.2 Å². The zero-order chi connectivity index (χ0) is 18.2. The predicted octanol–water partition coefficient (Wildman–Crippen LogP) is 2.91. The summed E-state index contributed by atoms with van der Waals surface area (Å²) in [5.41, 5.74) is 1.17. The number of rotatable bonds is 8. The van der Waals surface area contributed by atoms with Gasteiger partial charge in [0.2, 0.25) is 0 Å². The molecular weight excluding hydrogens is 318 g/mol. The number of amides is 2. The van der Waals surface area contributed by atoms with Gasteiger partial charge in [-0.3, -0.25) is 9.59 Å². The Balaban J connectivity index is 1.86. The molecule has 0 fully saturated rings. The van der Waals surface area contributed by atoms with E-state index in [2.05, 4.69) is 29.4 Å². The fourth-order valence-corrected chi connectivity index (χ4v) is 2.42. The first-order valence-electron chi connectivity index (χ1n) is 8.51. The number of furan rings is 1. The molecule has 2 amide bonds. The Hall–Kier alpha value is -2.60. The first-order chi connectivity index (χ1) is 12.0. The summed E-state index contributed by atoms with van der Waals surface area (Å²) in [6.45, 7) is 9.35. The molecule has 1 aromatic carbocycles. The maximum absolute atomic E-state index is 12.1. The largest absolute Gasteiger partial charge is 0.456 e. The highest BCUT2D eigenvalue weighted by Gasteiger charge is 2.11. The Bertz CT molecular complexity index is 703. The summed E-state index contributed by atoms with van der Waals surface area (Å²) in [5, 5.41) is 5.64. The number of likely N-dealkylation sites (N-methyl/N-ethyl adjacent to an activating group) is 1. The molecule has 0 unspecified atom stereocenters. The second-order valence-electron chi connectivity index (χ2n) is 5.72. The van der Waals surface area contributed by atoms with E-state index in [0.29, 0.717) is 23.6 Å². The lowest BCUT2D eigenvalue weighted by Crippen LogP contribution is -2.34. The Morgan fingerprint density at radius 1 is 1.00 bits per heavy atom. The quantitative estimate of drug-likeness (QED) is 0.773. The van der Waals surface area contributed by atoms with Crippen molar-refractivity contribution >= 4 is 17.5 Å². The van der Waals surface area contributed by atoms with E-state index in [-0.39, 0.29) is 17.6 Å². The van der Waals surface area contributed by atoms with E-state index in [0.717, 1.165) is 19.6 Å². The summed E-state index contributed by atoms with van der Waals surface area (Å²) in [6.07, 6.45) is 0. The van der Waals surface area contributed by atoms with E-state index in [9.17, 15) is 9.59 Å². The SMILES string of the molecule is CCN(CC)CCNC(=O)c1ccc(NC(=O)c2ccc(C)o2)cc1. The molecular formula is C19H25N3O3. The third-order valence-corrected chi connectivity index (χ3v) is 3.98. The lowest BCUT2D eigenvalue weighted by atomic mass is 10.2. The summed E-state index contributed by atoms with van der Waals surface area (Å²) in [4.78, 5) is 26.4. The summed E-state index contributed by atoms with van der Waals surface area (Å²) in [7, 11) is 0. The van der Waals surface area contributed by atoms with Crippen molar-refractivity contribution in [1.29, 1.82) is 0 Å². The molecule has 0 bridgehead atoms. The maximum atomic E-state index is 12.1. The minimum atomic E-state index is -0.315. The van der Waals surface area contributed by atoms with Gasteiger partial charge in [0.1, 0.15) is 5.76 Å². The number of nitrogens with zero attached hydrogens (tertiary/aromatic N) is 1. The van der Waals surface area contributed by atoms with E-state index in [1.807, 2.05) is 0 Å². The number of aryl methyl sites for hydroxylation is 1. The van der Waals surface area contributed by atoms with Gasteiger partial charge in [-0.1, -0.05) is 13.8 Å². The maximum Gasteiger partial charge on any atom is 0.291 e. The number of hydrogen-bond acceptors (Lipinski definition) is 4. The standard InChI is InChI=1S/C19H25N3O3/c1-4-22(5-2)13-12-20-18(23)15-7-9-16(10-8-15)21-19(24)17-11-6-14(3)25-17/h6-11H,4-5,12-13H2,1-3H3,(H,20,23)(H,21,24). The Kier molecular flexibility index (Phi) is 6.77. The zero-order valence-electron chi connectivity index (χ0n) is 15.0. The molecule has 25 heavy (non-hydrogen) atoms. The highest BCUT2D eigenvalue weighted by molar-refractivity contribution is 6.02. The topological polar surface area (TPSA) is 74.6 Å². The van der Waals surface area contributed by atoms with Gasteiger partial charge in [-0.05, 0) is 56.4 Å². The molecule has 2 N–H and O–H groups in total. The molecule has 0 aliphatic carbocycles. The van der Waals surface area contributed by atoms with Crippen molar-refractivity contribution < 1.29 is 14.0 Å². The van der Waals surface area contributed by atoms with E-state index in [4.69, 9.17) is 4.42 Å². The highest BCUT2D eigenvalue weighted by Crippen LogP contribution is 2.13. The van der Waals surface area contributed by atoms with Gasteiger partial charge in [-0.25, -0.2) is 0 Å². The fraction of sp³-hybridized carbons (Fsp3) is 0.368. The van der Waals surface area contributed by atoms with Gasteiger partial charge in [0.15, 0.2) is 5.76 Å². The molecule has 2 aromatic rings. The van der Waals surface area contributed by atoms with Crippen molar-refractivity contribution in [3.8, 4) is 0 Å². The first-order valence-corrected chi connectivity index (χ1v) is 8.51. The van der Waals surface area contributed by atoms with Gasteiger partial charge in [0.05, 0.1) is 0 Å². The van der Waals surface area contributed by atoms with Gasteiger partial charge < -0.3 is 20.0 Å². The number of anilines is 1. The van der Waals surface area contributed by atoms with E-state index in [1.165, 1.54) is 0 Å². The Labute approximate surface area is 148 Å². The molecule has 0 atom stereocenters. The van der Waals surface area contributed by atoms with Crippen LogP contribution in [0, 0.1) is 6.92 Å². The average molecular weight is 343 g/mol. The normalized spacial score (nSPS) is 10.7. The van der Waals surface area contributed by atoms with Crippen LogP contribution in [0.25, 0.3) is 0 Å². The molecule has 6 nitrogen and oxygen atoms in total. The average Bonchev–Trinajstić information content (AvgIpc) is 3.06. The molecule has 0 radical (unpaired) electrons. The minimum Gasteiger partial charge on any atom is -0.456 e.